The molecule has 0 spiro atoms. The number of guanidine groups is 1. The number of hydrogen-bond acceptors (Lipinski definition) is 3. The van der Waals surface area contributed by atoms with Crippen LogP contribution in [0.15, 0.2) is 47.5 Å². The van der Waals surface area contributed by atoms with Crippen LogP contribution in [0.4, 0.5) is 0 Å². The third-order valence-corrected chi connectivity index (χ3v) is 4.19. The molecule has 0 fully saturated rings. The van der Waals surface area contributed by atoms with Gasteiger partial charge < -0.3 is 20.1 Å². The number of aryl methyl sites for hydroxylation is 1. The Bertz CT molecular complexity index is 750. The lowest BCUT2D eigenvalue weighted by Gasteiger charge is -2.13. The maximum atomic E-state index is 5.46. The summed E-state index contributed by atoms with van der Waals surface area (Å²) in [5.41, 5.74) is 4.77. The Morgan fingerprint density at radius 1 is 1.04 bits per heavy atom. The van der Waals surface area contributed by atoms with Crippen LogP contribution in [-0.4, -0.2) is 33.3 Å². The number of hydrogen-bond donors (Lipinski definition) is 2. The van der Waals surface area contributed by atoms with Gasteiger partial charge in [-0.25, -0.2) is 4.99 Å². The molecule has 2 N–H and O–H groups in total. The van der Waals surface area contributed by atoms with Crippen LogP contribution in [0.2, 0.25) is 0 Å². The molecule has 0 aliphatic heterocycles. The zero-order valence-electron chi connectivity index (χ0n) is 17.2. The molecule has 0 heterocycles. The van der Waals surface area contributed by atoms with Crippen molar-refractivity contribution < 1.29 is 9.47 Å². The number of methoxy groups -OCH3 is 2. The van der Waals surface area contributed by atoms with Crippen LogP contribution in [0.3, 0.4) is 0 Å². The van der Waals surface area contributed by atoms with Crippen LogP contribution in [0, 0.1) is 6.92 Å². The van der Waals surface area contributed by atoms with E-state index in [4.69, 9.17) is 14.5 Å². The van der Waals surface area contributed by atoms with Gasteiger partial charge in [0, 0.05) is 20.2 Å². The Labute approximate surface area is 186 Å². The van der Waals surface area contributed by atoms with Gasteiger partial charge in [-0.2, -0.15) is 0 Å². The normalized spacial score (nSPS) is 10.9. The standard InChI is InChI=1S/C22H31N3O2.HI/c1-5-23-22(25-15-18-7-6-8-19(14-18)16-26-3)24-12-11-20-13-17(2)9-10-21(20)27-4;/h6-10,13-14H,5,11-12,15-16H2,1-4H3,(H2,23,24,25);1H. The summed E-state index contributed by atoms with van der Waals surface area (Å²) in [5, 5.41) is 6.71. The van der Waals surface area contributed by atoms with E-state index >= 15 is 0 Å². The monoisotopic (exact) mass is 497 g/mol. The van der Waals surface area contributed by atoms with Crippen molar-refractivity contribution in [3.05, 3.63) is 64.7 Å². The first-order valence-electron chi connectivity index (χ1n) is 9.38. The molecular weight excluding hydrogens is 465 g/mol. The topological polar surface area (TPSA) is 54.9 Å². The van der Waals surface area contributed by atoms with Crippen LogP contribution in [0.5, 0.6) is 5.75 Å². The van der Waals surface area contributed by atoms with Crippen molar-refractivity contribution in [2.75, 3.05) is 27.3 Å². The van der Waals surface area contributed by atoms with Gasteiger partial charge >= 0.3 is 0 Å². The summed E-state index contributed by atoms with van der Waals surface area (Å²) in [6.07, 6.45) is 0.874. The fourth-order valence-corrected chi connectivity index (χ4v) is 2.91. The van der Waals surface area contributed by atoms with Crippen molar-refractivity contribution >= 4 is 29.9 Å². The van der Waals surface area contributed by atoms with E-state index in [1.165, 1.54) is 16.7 Å². The average Bonchev–Trinajstić information content (AvgIpc) is 2.67. The van der Waals surface area contributed by atoms with Crippen molar-refractivity contribution in [3.63, 3.8) is 0 Å². The molecule has 0 aliphatic carbocycles. The van der Waals surface area contributed by atoms with Gasteiger partial charge in [0.2, 0.25) is 0 Å². The largest absolute Gasteiger partial charge is 0.496 e. The van der Waals surface area contributed by atoms with E-state index in [-0.39, 0.29) is 24.0 Å². The lowest BCUT2D eigenvalue weighted by Crippen LogP contribution is -2.38. The predicted molar refractivity (Wildman–Crippen MR) is 127 cm³/mol. The Kier molecular flexibility index (Phi) is 11.6. The molecule has 28 heavy (non-hydrogen) atoms. The molecule has 2 aromatic rings. The van der Waals surface area contributed by atoms with Gasteiger partial charge in [-0.3, -0.25) is 0 Å². The molecule has 6 heteroatoms. The molecule has 0 saturated carbocycles. The third kappa shape index (κ3) is 8.06. The molecule has 0 aliphatic rings. The summed E-state index contributed by atoms with van der Waals surface area (Å²) in [7, 11) is 3.42. The molecule has 0 saturated heterocycles. The van der Waals surface area contributed by atoms with Crippen molar-refractivity contribution in [2.24, 2.45) is 4.99 Å². The summed E-state index contributed by atoms with van der Waals surface area (Å²) in [6, 6.07) is 14.6. The first-order valence-corrected chi connectivity index (χ1v) is 9.38. The first-order chi connectivity index (χ1) is 13.2. The Balaban J connectivity index is 0.00000392. The molecule has 0 unspecified atom stereocenters. The summed E-state index contributed by atoms with van der Waals surface area (Å²) >= 11 is 0. The molecule has 2 aromatic carbocycles. The second-order valence-electron chi connectivity index (χ2n) is 6.44. The first kappa shape index (κ1) is 24.2. The number of rotatable bonds is 9. The maximum absolute atomic E-state index is 5.46. The van der Waals surface area contributed by atoms with Crippen LogP contribution in [0.1, 0.15) is 29.2 Å². The Morgan fingerprint density at radius 2 is 1.82 bits per heavy atom. The second-order valence-corrected chi connectivity index (χ2v) is 6.44. The minimum absolute atomic E-state index is 0. The quantitative estimate of drug-likeness (QED) is 0.312. The van der Waals surface area contributed by atoms with E-state index in [0.717, 1.165) is 36.8 Å². The van der Waals surface area contributed by atoms with Crippen molar-refractivity contribution in [1.82, 2.24) is 10.6 Å². The highest BCUT2D eigenvalue weighted by Crippen LogP contribution is 2.19. The number of ether oxygens (including phenoxy) is 2. The molecule has 5 nitrogen and oxygen atoms in total. The fraction of sp³-hybridized carbons (Fsp3) is 0.409. The number of halogens is 1. The lowest BCUT2D eigenvalue weighted by molar-refractivity contribution is 0.185. The highest BCUT2D eigenvalue weighted by atomic mass is 127. The maximum Gasteiger partial charge on any atom is 0.191 e. The van der Waals surface area contributed by atoms with Crippen LogP contribution in [0.25, 0.3) is 0 Å². The average molecular weight is 497 g/mol. The van der Waals surface area contributed by atoms with Gasteiger partial charge in [0.15, 0.2) is 5.96 Å². The highest BCUT2D eigenvalue weighted by molar-refractivity contribution is 14.0. The zero-order chi connectivity index (χ0) is 19.5. The minimum atomic E-state index is 0. The molecule has 2 rings (SSSR count). The van der Waals surface area contributed by atoms with Crippen LogP contribution in [-0.2, 0) is 24.3 Å². The van der Waals surface area contributed by atoms with E-state index in [0.29, 0.717) is 13.2 Å². The Morgan fingerprint density at radius 3 is 2.54 bits per heavy atom. The zero-order valence-corrected chi connectivity index (χ0v) is 19.6. The van der Waals surface area contributed by atoms with Crippen molar-refractivity contribution in [2.45, 2.75) is 33.4 Å². The van der Waals surface area contributed by atoms with E-state index in [9.17, 15) is 0 Å². The van der Waals surface area contributed by atoms with Crippen molar-refractivity contribution in [3.8, 4) is 5.75 Å². The third-order valence-electron chi connectivity index (χ3n) is 4.19. The number of aliphatic imine (C=N–C) groups is 1. The van der Waals surface area contributed by atoms with Crippen LogP contribution >= 0.6 is 24.0 Å². The number of nitrogens with one attached hydrogen (secondary N) is 2. The summed E-state index contributed by atoms with van der Waals surface area (Å²) in [6.45, 7) is 7.02. The van der Waals surface area contributed by atoms with Gasteiger partial charge in [0.05, 0.1) is 20.3 Å². The molecular formula is C22H32IN3O2. The molecule has 154 valence electrons. The Hall–Kier alpha value is -1.80. The second kappa shape index (κ2) is 13.4. The van der Waals surface area contributed by atoms with Gasteiger partial charge in [0.25, 0.3) is 0 Å². The summed E-state index contributed by atoms with van der Waals surface area (Å²) < 4.78 is 10.7. The SMILES string of the molecule is CCNC(=NCc1cccc(COC)c1)NCCc1cc(C)ccc1OC.I. The molecule has 0 aromatic heterocycles. The van der Waals surface area contributed by atoms with E-state index in [2.05, 4.69) is 54.8 Å². The fourth-order valence-electron chi connectivity index (χ4n) is 2.91. The van der Waals surface area contributed by atoms with E-state index in [1.54, 1.807) is 14.2 Å². The predicted octanol–water partition coefficient (Wildman–Crippen LogP) is 4.07. The minimum Gasteiger partial charge on any atom is -0.496 e. The lowest BCUT2D eigenvalue weighted by atomic mass is 10.1. The molecule has 0 atom stereocenters. The summed E-state index contributed by atoms with van der Waals surface area (Å²) in [5.74, 6) is 1.75. The molecule has 0 bridgehead atoms. The van der Waals surface area contributed by atoms with Crippen molar-refractivity contribution in [1.29, 1.82) is 0 Å². The van der Waals surface area contributed by atoms with Gasteiger partial charge in [0.1, 0.15) is 5.75 Å². The van der Waals surface area contributed by atoms with Gasteiger partial charge in [-0.15, -0.1) is 24.0 Å². The van der Waals surface area contributed by atoms with Gasteiger partial charge in [-0.1, -0.05) is 42.0 Å². The number of nitrogens with zero attached hydrogens (tertiary/aromatic N) is 1. The smallest absolute Gasteiger partial charge is 0.191 e. The highest BCUT2D eigenvalue weighted by Gasteiger charge is 2.04. The van der Waals surface area contributed by atoms with Crippen LogP contribution < -0.4 is 15.4 Å². The van der Waals surface area contributed by atoms with E-state index in [1.807, 2.05) is 12.1 Å². The molecule has 0 amide bonds. The van der Waals surface area contributed by atoms with Gasteiger partial charge in [-0.05, 0) is 43.0 Å². The molecule has 0 radical (unpaired) electrons. The summed E-state index contributed by atoms with van der Waals surface area (Å²) in [4.78, 5) is 4.70. The number of benzene rings is 2. The van der Waals surface area contributed by atoms with E-state index < -0.39 is 0 Å².